The van der Waals surface area contributed by atoms with Crippen LogP contribution in [0.4, 0.5) is 5.69 Å². The van der Waals surface area contributed by atoms with Crippen molar-refractivity contribution in [1.29, 1.82) is 0 Å². The lowest BCUT2D eigenvalue weighted by molar-refractivity contribution is -0.384. The van der Waals surface area contributed by atoms with Crippen molar-refractivity contribution in [2.24, 2.45) is 0 Å². The van der Waals surface area contributed by atoms with Crippen LogP contribution >= 0.6 is 11.8 Å². The minimum absolute atomic E-state index is 0.0697. The number of thioether (sulfide) groups is 1. The average Bonchev–Trinajstić information content (AvgIpc) is 2.46. The first kappa shape index (κ1) is 18.9. The van der Waals surface area contributed by atoms with Crippen LogP contribution < -0.4 is 5.32 Å². The first-order chi connectivity index (χ1) is 10.8. The molecule has 0 fully saturated rings. The second kappa shape index (κ2) is 8.49. The Morgan fingerprint density at radius 1 is 1.43 bits per heavy atom. The summed E-state index contributed by atoms with van der Waals surface area (Å²) in [5.41, 5.74) is -0.165. The number of benzene rings is 1. The quantitative estimate of drug-likeness (QED) is 0.421. The molecule has 0 aliphatic heterocycles. The molecule has 0 aromatic heterocycles. The number of rotatable bonds is 8. The van der Waals surface area contributed by atoms with Gasteiger partial charge in [-0.25, -0.2) is 4.79 Å². The van der Waals surface area contributed by atoms with Gasteiger partial charge in [0.1, 0.15) is 0 Å². The summed E-state index contributed by atoms with van der Waals surface area (Å²) in [5, 5.41) is 22.4. The highest BCUT2D eigenvalue weighted by atomic mass is 32.2. The van der Waals surface area contributed by atoms with Crippen LogP contribution in [0.25, 0.3) is 0 Å². The Morgan fingerprint density at radius 3 is 2.57 bits per heavy atom. The number of carboxylic acids is 1. The largest absolute Gasteiger partial charge is 0.480 e. The number of hydrogen-bond acceptors (Lipinski definition) is 6. The van der Waals surface area contributed by atoms with E-state index in [0.717, 1.165) is 6.07 Å². The lowest BCUT2D eigenvalue weighted by Gasteiger charge is -2.15. The third-order valence-corrected chi connectivity index (χ3v) is 3.80. The highest BCUT2D eigenvalue weighted by Gasteiger charge is 2.24. The number of carbonyl (C=O) groups is 2. The van der Waals surface area contributed by atoms with Gasteiger partial charge >= 0.3 is 5.97 Å². The number of ether oxygens (including phenoxy) is 1. The summed E-state index contributed by atoms with van der Waals surface area (Å²) in [5.74, 6) is -1.94. The Kier molecular flexibility index (Phi) is 6.98. The maximum absolute atomic E-state index is 12.3. The van der Waals surface area contributed by atoms with E-state index in [9.17, 15) is 19.7 Å². The number of non-ortho nitro benzene ring substituents is 1. The van der Waals surface area contributed by atoms with Crippen molar-refractivity contribution in [3.63, 3.8) is 0 Å². The standard InChI is InChI=1S/C14H18N2O6S/c1-8(2)23-12-5-4-9(16(20)21)6-10(12)13(17)15-11(7-22-3)14(18)19/h4-6,8,11H,7H2,1-3H3,(H,15,17)(H,18,19). The molecule has 1 amide bonds. The van der Waals surface area contributed by atoms with Crippen LogP contribution in [-0.2, 0) is 9.53 Å². The maximum Gasteiger partial charge on any atom is 0.328 e. The molecule has 0 aliphatic carbocycles. The van der Waals surface area contributed by atoms with Gasteiger partial charge in [0.2, 0.25) is 0 Å². The molecule has 0 bridgehead atoms. The van der Waals surface area contributed by atoms with E-state index in [4.69, 9.17) is 9.84 Å². The Morgan fingerprint density at radius 2 is 2.09 bits per heavy atom. The third kappa shape index (κ3) is 5.53. The number of carbonyl (C=O) groups excluding carboxylic acids is 1. The Bertz CT molecular complexity index is 605. The van der Waals surface area contributed by atoms with Crippen molar-refractivity contribution in [3.05, 3.63) is 33.9 Å². The summed E-state index contributed by atoms with van der Waals surface area (Å²) in [6.45, 7) is 3.63. The summed E-state index contributed by atoms with van der Waals surface area (Å²) in [7, 11) is 1.31. The lowest BCUT2D eigenvalue weighted by Crippen LogP contribution is -2.44. The molecule has 23 heavy (non-hydrogen) atoms. The summed E-state index contributed by atoms with van der Waals surface area (Å²) in [4.78, 5) is 34.3. The number of aliphatic carboxylic acids is 1. The van der Waals surface area contributed by atoms with Crippen molar-refractivity contribution in [1.82, 2.24) is 5.32 Å². The van der Waals surface area contributed by atoms with E-state index in [1.165, 1.54) is 31.0 Å². The fourth-order valence-corrected chi connectivity index (χ4v) is 2.68. The van der Waals surface area contributed by atoms with Crippen molar-refractivity contribution < 1.29 is 24.4 Å². The number of amides is 1. The van der Waals surface area contributed by atoms with Crippen LogP contribution in [0.3, 0.4) is 0 Å². The molecule has 0 spiro atoms. The molecule has 8 nitrogen and oxygen atoms in total. The predicted octanol–water partition coefficient (Wildman–Crippen LogP) is 1.92. The first-order valence-corrected chi connectivity index (χ1v) is 7.62. The summed E-state index contributed by atoms with van der Waals surface area (Å²) in [6, 6.07) is 2.71. The normalized spacial score (nSPS) is 12.0. The smallest absolute Gasteiger partial charge is 0.328 e. The number of carboxylic acid groups (broad SMARTS) is 1. The molecule has 1 aromatic carbocycles. The lowest BCUT2D eigenvalue weighted by atomic mass is 10.1. The van der Waals surface area contributed by atoms with E-state index >= 15 is 0 Å². The van der Waals surface area contributed by atoms with E-state index in [1.54, 1.807) is 0 Å². The number of hydrogen-bond donors (Lipinski definition) is 2. The van der Waals surface area contributed by atoms with Gasteiger partial charge < -0.3 is 15.2 Å². The van der Waals surface area contributed by atoms with Crippen LogP contribution in [0.15, 0.2) is 23.1 Å². The molecular weight excluding hydrogens is 324 g/mol. The number of nitrogens with one attached hydrogen (secondary N) is 1. The molecular formula is C14H18N2O6S. The Balaban J connectivity index is 3.14. The minimum atomic E-state index is -1.25. The second-order valence-corrected chi connectivity index (χ2v) is 6.54. The van der Waals surface area contributed by atoms with Crippen LogP contribution in [0.5, 0.6) is 0 Å². The third-order valence-electron chi connectivity index (χ3n) is 2.72. The maximum atomic E-state index is 12.3. The van der Waals surface area contributed by atoms with Crippen LogP contribution in [0.1, 0.15) is 24.2 Å². The van der Waals surface area contributed by atoms with E-state index < -0.39 is 22.8 Å². The number of nitrogens with zero attached hydrogens (tertiary/aromatic N) is 1. The first-order valence-electron chi connectivity index (χ1n) is 6.74. The van der Waals surface area contributed by atoms with Gasteiger partial charge in [0.05, 0.1) is 17.1 Å². The fourth-order valence-electron chi connectivity index (χ4n) is 1.74. The molecule has 1 rings (SSSR count). The van der Waals surface area contributed by atoms with E-state index in [0.29, 0.717) is 4.90 Å². The highest BCUT2D eigenvalue weighted by molar-refractivity contribution is 8.00. The molecule has 0 heterocycles. The van der Waals surface area contributed by atoms with Gasteiger partial charge in [-0.15, -0.1) is 11.8 Å². The number of nitro groups is 1. The molecule has 0 radical (unpaired) electrons. The SMILES string of the molecule is COCC(NC(=O)c1cc([N+](=O)[O-])ccc1SC(C)C)C(=O)O. The topological polar surface area (TPSA) is 119 Å². The highest BCUT2D eigenvalue weighted by Crippen LogP contribution is 2.29. The van der Waals surface area contributed by atoms with Gasteiger partial charge in [-0.3, -0.25) is 14.9 Å². The molecule has 0 saturated carbocycles. The van der Waals surface area contributed by atoms with E-state index in [2.05, 4.69) is 5.32 Å². The zero-order chi connectivity index (χ0) is 17.6. The van der Waals surface area contributed by atoms with Crippen LogP contribution in [0.2, 0.25) is 0 Å². The zero-order valence-electron chi connectivity index (χ0n) is 12.9. The second-order valence-electron chi connectivity index (χ2n) is 4.92. The minimum Gasteiger partial charge on any atom is -0.480 e. The molecule has 0 aliphatic rings. The van der Waals surface area contributed by atoms with E-state index in [-0.39, 0.29) is 23.1 Å². The zero-order valence-corrected chi connectivity index (χ0v) is 13.8. The monoisotopic (exact) mass is 342 g/mol. The van der Waals surface area contributed by atoms with Crippen molar-refractivity contribution >= 4 is 29.3 Å². The van der Waals surface area contributed by atoms with Crippen LogP contribution in [0, 0.1) is 10.1 Å². The van der Waals surface area contributed by atoms with Gasteiger partial charge in [-0.1, -0.05) is 13.8 Å². The van der Waals surface area contributed by atoms with Crippen molar-refractivity contribution in [2.45, 2.75) is 30.0 Å². The fraction of sp³-hybridized carbons (Fsp3) is 0.429. The molecule has 0 saturated heterocycles. The number of methoxy groups -OCH3 is 1. The summed E-state index contributed by atoms with van der Waals surface area (Å²) >= 11 is 1.36. The molecule has 126 valence electrons. The molecule has 1 aromatic rings. The van der Waals surface area contributed by atoms with Crippen molar-refractivity contribution in [2.75, 3.05) is 13.7 Å². The average molecular weight is 342 g/mol. The summed E-state index contributed by atoms with van der Waals surface area (Å²) in [6.07, 6.45) is 0. The summed E-state index contributed by atoms with van der Waals surface area (Å²) < 4.78 is 4.75. The van der Waals surface area contributed by atoms with Crippen LogP contribution in [-0.4, -0.2) is 46.9 Å². The number of nitro benzene ring substituents is 1. The van der Waals surface area contributed by atoms with Gasteiger partial charge in [0.15, 0.2) is 6.04 Å². The molecule has 1 unspecified atom stereocenters. The van der Waals surface area contributed by atoms with Crippen molar-refractivity contribution in [3.8, 4) is 0 Å². The van der Waals surface area contributed by atoms with Gasteiger partial charge in [0, 0.05) is 29.4 Å². The molecule has 1 atom stereocenters. The predicted molar refractivity (Wildman–Crippen MR) is 84.9 cm³/mol. The molecule has 9 heteroatoms. The van der Waals surface area contributed by atoms with Gasteiger partial charge in [-0.05, 0) is 6.07 Å². The van der Waals surface area contributed by atoms with Gasteiger partial charge in [-0.2, -0.15) is 0 Å². The van der Waals surface area contributed by atoms with E-state index in [1.807, 2.05) is 13.8 Å². The molecule has 2 N–H and O–H groups in total. The van der Waals surface area contributed by atoms with Gasteiger partial charge in [0.25, 0.3) is 11.6 Å². The Labute approximate surface area is 137 Å². The Hall–Kier alpha value is -2.13.